The lowest BCUT2D eigenvalue weighted by molar-refractivity contribution is 1.17. The molecule has 0 heterocycles. The molecule has 0 saturated heterocycles. The quantitative estimate of drug-likeness (QED) is 0.0932. The van der Waals surface area contributed by atoms with Gasteiger partial charge in [-0.2, -0.15) is 0 Å². The van der Waals surface area contributed by atoms with Crippen LogP contribution in [0.3, 0.4) is 0 Å². The number of rotatable bonds is 7. The normalized spacial score (nSPS) is 9.52. The maximum atomic E-state index is 3.66. The van der Waals surface area contributed by atoms with Gasteiger partial charge in [0.2, 0.25) is 0 Å². The maximum Gasteiger partial charge on any atom is 0.0344 e. The van der Waals surface area contributed by atoms with Crippen molar-refractivity contribution in [1.29, 1.82) is 0 Å². The Kier molecular flexibility index (Phi) is 19.0. The SMILES string of the molecule is C=C.C=C.C=C(C)/C=C\C.Cc1ccc(Cc2ccc(CC#Cc3ccc(C#CCc4ccc(Cc5ccc(C)cc5)cc4)cc3)cc2)cc1. The predicted octanol–water partition coefficient (Wildman–Crippen LogP) is 12.4. The second kappa shape index (κ2) is 23.5. The zero-order valence-electron chi connectivity index (χ0n) is 30.6. The van der Waals surface area contributed by atoms with E-state index in [9.17, 15) is 0 Å². The molecule has 5 aromatic carbocycles. The van der Waals surface area contributed by atoms with Gasteiger partial charge in [0.05, 0.1) is 0 Å². The summed E-state index contributed by atoms with van der Waals surface area (Å²) in [5.41, 5.74) is 13.6. The zero-order valence-corrected chi connectivity index (χ0v) is 30.6. The summed E-state index contributed by atoms with van der Waals surface area (Å²) in [6, 6.07) is 43.3. The van der Waals surface area contributed by atoms with Crippen molar-refractivity contribution < 1.29 is 0 Å². The molecule has 0 aliphatic heterocycles. The Labute approximate surface area is 303 Å². The van der Waals surface area contributed by atoms with Crippen LogP contribution in [0.25, 0.3) is 0 Å². The first-order valence-electron chi connectivity index (χ1n) is 17.0. The first kappa shape index (κ1) is 40.4. The molecule has 0 saturated carbocycles. The fourth-order valence-corrected chi connectivity index (χ4v) is 4.85. The number of hydrogen-bond donors (Lipinski definition) is 0. The Bertz CT molecular complexity index is 1730. The van der Waals surface area contributed by atoms with Crippen LogP contribution in [0, 0.1) is 37.5 Å². The average Bonchev–Trinajstić information content (AvgIpc) is 3.14. The molecule has 0 aliphatic carbocycles. The molecule has 0 amide bonds. The van der Waals surface area contributed by atoms with Crippen LogP contribution >= 0.6 is 0 Å². The lowest BCUT2D eigenvalue weighted by atomic mass is 10.0. The monoisotopic (exact) mass is 652 g/mol. The van der Waals surface area contributed by atoms with Crippen molar-refractivity contribution in [2.75, 3.05) is 0 Å². The van der Waals surface area contributed by atoms with Crippen LogP contribution in [0.5, 0.6) is 0 Å². The molecule has 5 rings (SSSR count). The molecule has 0 bridgehead atoms. The molecule has 252 valence electrons. The third kappa shape index (κ3) is 15.8. The smallest absolute Gasteiger partial charge is 0.0344 e. The van der Waals surface area contributed by atoms with Crippen molar-refractivity contribution >= 4 is 0 Å². The summed E-state index contributed by atoms with van der Waals surface area (Å²) < 4.78 is 0. The van der Waals surface area contributed by atoms with Gasteiger partial charge in [-0.15, -0.1) is 26.3 Å². The van der Waals surface area contributed by atoms with Crippen LogP contribution in [0.4, 0.5) is 0 Å². The molecule has 0 nitrogen and oxygen atoms in total. The van der Waals surface area contributed by atoms with Crippen LogP contribution < -0.4 is 0 Å². The van der Waals surface area contributed by atoms with Crippen molar-refractivity contribution in [3.05, 3.63) is 228 Å². The molecule has 0 aliphatic rings. The van der Waals surface area contributed by atoms with Crippen LogP contribution in [-0.2, 0) is 25.7 Å². The minimum atomic E-state index is 0.746. The number of aryl methyl sites for hydroxylation is 2. The first-order valence-corrected chi connectivity index (χ1v) is 17.0. The number of hydrogen-bond acceptors (Lipinski definition) is 0. The molecule has 0 aromatic heterocycles. The van der Waals surface area contributed by atoms with E-state index in [1.54, 1.807) is 0 Å². The minimum Gasteiger partial charge on any atom is -0.106 e. The van der Waals surface area contributed by atoms with E-state index in [4.69, 9.17) is 0 Å². The molecule has 0 spiro atoms. The summed E-state index contributed by atoms with van der Waals surface area (Å²) in [7, 11) is 0. The third-order valence-electron chi connectivity index (χ3n) is 7.49. The zero-order chi connectivity index (χ0) is 36.6. The van der Waals surface area contributed by atoms with Crippen LogP contribution in [0.2, 0.25) is 0 Å². The summed E-state index contributed by atoms with van der Waals surface area (Å²) in [5.74, 6) is 13.2. The van der Waals surface area contributed by atoms with E-state index >= 15 is 0 Å². The van der Waals surface area contributed by atoms with Gasteiger partial charge in [-0.05, 0) is 98.2 Å². The molecule has 0 heteroatoms. The first-order chi connectivity index (χ1) is 24.4. The van der Waals surface area contributed by atoms with E-state index in [0.29, 0.717) is 0 Å². The van der Waals surface area contributed by atoms with Gasteiger partial charge in [-0.3, -0.25) is 0 Å². The molecule has 0 unspecified atom stereocenters. The van der Waals surface area contributed by atoms with Crippen LogP contribution in [0.15, 0.2) is 172 Å². The number of benzene rings is 5. The van der Waals surface area contributed by atoms with Gasteiger partial charge in [0.25, 0.3) is 0 Å². The Balaban J connectivity index is 0.000000774. The van der Waals surface area contributed by atoms with E-state index in [1.165, 1.54) is 44.5 Å². The summed E-state index contributed by atoms with van der Waals surface area (Å²) in [4.78, 5) is 0. The van der Waals surface area contributed by atoms with Crippen LogP contribution in [-0.4, -0.2) is 0 Å². The molecule has 0 fully saturated rings. The van der Waals surface area contributed by atoms with Crippen molar-refractivity contribution in [2.24, 2.45) is 0 Å². The maximum absolute atomic E-state index is 3.66. The topological polar surface area (TPSA) is 0 Å². The second-order valence-electron chi connectivity index (χ2n) is 11.8. The second-order valence-corrected chi connectivity index (χ2v) is 11.8. The lowest BCUT2D eigenvalue weighted by Crippen LogP contribution is -1.90. The highest BCUT2D eigenvalue weighted by atomic mass is 14.0. The van der Waals surface area contributed by atoms with Gasteiger partial charge in [-0.1, -0.05) is 156 Å². The standard InChI is InChI=1S/C40H34.C6H10.2C2H4/c1-31-9-13-37(14-10-31)29-39-25-21-35(22-26-39)7-3-5-33-17-19-34(20-18-33)6-4-8-36-23-27-40(28-24-36)30-38-15-11-32(2)12-16-38;1-4-5-6(2)3;2*1-2/h9-28H,7-8,29-30H2,1-2H3;4-5H,2H2,1,3H3;2*1-2H2/b;5-4-;;. The van der Waals surface area contributed by atoms with Gasteiger partial charge in [0, 0.05) is 24.0 Å². The van der Waals surface area contributed by atoms with E-state index in [0.717, 1.165) is 42.4 Å². The fourth-order valence-electron chi connectivity index (χ4n) is 4.85. The molecular formula is C50H52. The average molecular weight is 653 g/mol. The van der Waals surface area contributed by atoms with E-state index in [2.05, 4.69) is 192 Å². The van der Waals surface area contributed by atoms with Gasteiger partial charge in [0.15, 0.2) is 0 Å². The Morgan fingerprint density at radius 3 is 1.02 bits per heavy atom. The lowest BCUT2D eigenvalue weighted by Gasteiger charge is -2.04. The Hall–Kier alpha value is -5.82. The number of allylic oxidation sites excluding steroid dienone is 3. The fraction of sp³-hybridized carbons (Fsp3) is 0.160. The van der Waals surface area contributed by atoms with Gasteiger partial charge >= 0.3 is 0 Å². The highest BCUT2D eigenvalue weighted by Gasteiger charge is 1.99. The van der Waals surface area contributed by atoms with Crippen molar-refractivity contribution in [3.63, 3.8) is 0 Å². The summed E-state index contributed by atoms with van der Waals surface area (Å²) >= 11 is 0. The van der Waals surface area contributed by atoms with Gasteiger partial charge in [-0.25, -0.2) is 0 Å². The highest BCUT2D eigenvalue weighted by molar-refractivity contribution is 5.43. The van der Waals surface area contributed by atoms with E-state index in [-0.39, 0.29) is 0 Å². The highest BCUT2D eigenvalue weighted by Crippen LogP contribution is 2.14. The van der Waals surface area contributed by atoms with Gasteiger partial charge < -0.3 is 0 Å². The molecule has 0 N–H and O–H groups in total. The largest absolute Gasteiger partial charge is 0.106 e. The van der Waals surface area contributed by atoms with Crippen LogP contribution in [0.1, 0.15) is 69.5 Å². The molecule has 0 atom stereocenters. The summed E-state index contributed by atoms with van der Waals surface area (Å²) in [6.45, 7) is 23.9. The third-order valence-corrected chi connectivity index (χ3v) is 7.49. The summed E-state index contributed by atoms with van der Waals surface area (Å²) in [5, 5.41) is 0. The minimum absolute atomic E-state index is 0.746. The van der Waals surface area contributed by atoms with Gasteiger partial charge in [0.1, 0.15) is 0 Å². The van der Waals surface area contributed by atoms with E-state index < -0.39 is 0 Å². The molecule has 0 radical (unpaired) electrons. The Morgan fingerprint density at radius 1 is 0.480 bits per heavy atom. The predicted molar refractivity (Wildman–Crippen MR) is 221 cm³/mol. The van der Waals surface area contributed by atoms with Crippen molar-refractivity contribution in [1.82, 2.24) is 0 Å². The van der Waals surface area contributed by atoms with Crippen molar-refractivity contribution in [3.8, 4) is 23.7 Å². The van der Waals surface area contributed by atoms with E-state index in [1.807, 2.05) is 26.0 Å². The molecular weight excluding hydrogens is 601 g/mol. The van der Waals surface area contributed by atoms with Crippen molar-refractivity contribution in [2.45, 2.75) is 53.4 Å². The summed E-state index contributed by atoms with van der Waals surface area (Å²) in [6.07, 6.45) is 7.36. The Morgan fingerprint density at radius 2 is 0.760 bits per heavy atom. The molecule has 50 heavy (non-hydrogen) atoms. The molecule has 5 aromatic rings.